The van der Waals surface area contributed by atoms with E-state index in [1.54, 1.807) is 14.0 Å². The number of carbonyl (C=O) groups excluding carboxylic acids is 3. The number of aromatic nitrogens is 2. The van der Waals surface area contributed by atoms with Crippen LogP contribution in [0, 0.1) is 5.92 Å². The van der Waals surface area contributed by atoms with Gasteiger partial charge in [0.15, 0.2) is 5.69 Å². The van der Waals surface area contributed by atoms with Crippen LogP contribution < -0.4 is 10.6 Å². The largest absolute Gasteiger partial charge is 0.354 e. The molecule has 1 aromatic carbocycles. The standard InChI is InChI=1S/C22H29N5O3/c1-15(2)10-11-23-21(30)22(3)14-27-18(20(29)26(22)4)12-17(25-27)19(28)24-13-16-8-6-5-7-9-16/h5-9,12,15H,10-11,13-14H2,1-4H3,(H,23,30)(H,24,28)/t22-/m1/s1. The molecular formula is C22H29N5O3. The highest BCUT2D eigenvalue weighted by molar-refractivity contribution is 6.01. The lowest BCUT2D eigenvalue weighted by atomic mass is 9.95. The first-order valence-electron chi connectivity index (χ1n) is 10.2. The third-order valence-electron chi connectivity index (χ3n) is 5.53. The number of carbonyl (C=O) groups is 3. The Hall–Kier alpha value is -3.16. The highest BCUT2D eigenvalue weighted by Gasteiger charge is 2.46. The number of fused-ring (bicyclic) bond motifs is 1. The fraction of sp³-hybridized carbons (Fsp3) is 0.455. The third-order valence-corrected chi connectivity index (χ3v) is 5.53. The van der Waals surface area contributed by atoms with Crippen molar-refractivity contribution in [1.82, 2.24) is 25.3 Å². The summed E-state index contributed by atoms with van der Waals surface area (Å²) in [6, 6.07) is 11.0. The van der Waals surface area contributed by atoms with Crippen molar-refractivity contribution in [3.05, 3.63) is 53.3 Å². The minimum Gasteiger partial charge on any atom is -0.354 e. The second-order valence-corrected chi connectivity index (χ2v) is 8.32. The number of amides is 3. The van der Waals surface area contributed by atoms with E-state index in [4.69, 9.17) is 0 Å². The average molecular weight is 412 g/mol. The molecule has 2 heterocycles. The summed E-state index contributed by atoms with van der Waals surface area (Å²) < 4.78 is 1.46. The van der Waals surface area contributed by atoms with Gasteiger partial charge in [-0.3, -0.25) is 19.1 Å². The summed E-state index contributed by atoms with van der Waals surface area (Å²) in [7, 11) is 1.61. The number of rotatable bonds is 7. The van der Waals surface area contributed by atoms with Crippen LogP contribution in [0.1, 0.15) is 53.7 Å². The number of nitrogens with zero attached hydrogens (tertiary/aromatic N) is 3. The number of benzene rings is 1. The average Bonchev–Trinajstić information content (AvgIpc) is 3.14. The highest BCUT2D eigenvalue weighted by atomic mass is 16.2. The molecule has 2 aromatic rings. The Morgan fingerprint density at radius 2 is 1.90 bits per heavy atom. The summed E-state index contributed by atoms with van der Waals surface area (Å²) in [5.41, 5.74) is 0.350. The number of likely N-dealkylation sites (N-methyl/N-ethyl adjacent to an activating group) is 1. The van der Waals surface area contributed by atoms with Crippen molar-refractivity contribution < 1.29 is 14.4 Å². The van der Waals surface area contributed by atoms with Crippen LogP contribution in [-0.4, -0.2) is 51.5 Å². The van der Waals surface area contributed by atoms with Crippen molar-refractivity contribution in [3.63, 3.8) is 0 Å². The van der Waals surface area contributed by atoms with Gasteiger partial charge < -0.3 is 15.5 Å². The molecule has 30 heavy (non-hydrogen) atoms. The van der Waals surface area contributed by atoms with E-state index in [2.05, 4.69) is 29.6 Å². The van der Waals surface area contributed by atoms with E-state index >= 15 is 0 Å². The molecular weight excluding hydrogens is 382 g/mol. The van der Waals surface area contributed by atoms with E-state index in [1.165, 1.54) is 15.6 Å². The molecule has 0 spiro atoms. The number of nitrogens with one attached hydrogen (secondary N) is 2. The molecule has 2 N–H and O–H groups in total. The first kappa shape index (κ1) is 21.5. The van der Waals surface area contributed by atoms with Gasteiger partial charge in [0, 0.05) is 26.2 Å². The molecule has 1 aliphatic heterocycles. The zero-order chi connectivity index (χ0) is 21.9. The van der Waals surface area contributed by atoms with Gasteiger partial charge in [-0.15, -0.1) is 0 Å². The molecule has 8 nitrogen and oxygen atoms in total. The van der Waals surface area contributed by atoms with Gasteiger partial charge in [-0.2, -0.15) is 5.10 Å². The first-order valence-corrected chi connectivity index (χ1v) is 10.2. The van der Waals surface area contributed by atoms with Gasteiger partial charge in [0.1, 0.15) is 11.2 Å². The normalized spacial score (nSPS) is 18.3. The quantitative estimate of drug-likeness (QED) is 0.726. The van der Waals surface area contributed by atoms with Crippen molar-refractivity contribution in [2.45, 2.75) is 45.8 Å². The van der Waals surface area contributed by atoms with Crippen molar-refractivity contribution >= 4 is 17.7 Å². The van der Waals surface area contributed by atoms with Crippen LogP contribution in [0.3, 0.4) is 0 Å². The SMILES string of the molecule is CC(C)CCNC(=O)[C@@]1(C)Cn2nc(C(=O)NCc3ccccc3)cc2C(=O)N1C. The van der Waals surface area contributed by atoms with Gasteiger partial charge in [-0.25, -0.2) is 0 Å². The van der Waals surface area contributed by atoms with E-state index in [0.29, 0.717) is 24.7 Å². The minimum atomic E-state index is -1.08. The second kappa shape index (κ2) is 8.69. The third kappa shape index (κ3) is 4.37. The van der Waals surface area contributed by atoms with E-state index < -0.39 is 5.54 Å². The van der Waals surface area contributed by atoms with Gasteiger partial charge in [0.05, 0.1) is 6.54 Å². The highest BCUT2D eigenvalue weighted by Crippen LogP contribution is 2.26. The molecule has 1 aromatic heterocycles. The summed E-state index contributed by atoms with van der Waals surface area (Å²) in [6.45, 7) is 6.99. The predicted octanol–water partition coefficient (Wildman–Crippen LogP) is 1.82. The maximum absolute atomic E-state index is 12.9. The lowest BCUT2D eigenvalue weighted by Gasteiger charge is -2.40. The monoisotopic (exact) mass is 411 g/mol. The Balaban J connectivity index is 1.73. The maximum atomic E-state index is 12.9. The predicted molar refractivity (Wildman–Crippen MR) is 113 cm³/mol. The molecule has 1 aliphatic rings. The van der Waals surface area contributed by atoms with E-state index in [0.717, 1.165) is 12.0 Å². The molecule has 0 aliphatic carbocycles. The van der Waals surface area contributed by atoms with Crippen LogP contribution in [-0.2, 0) is 17.9 Å². The van der Waals surface area contributed by atoms with Gasteiger partial charge in [-0.05, 0) is 24.8 Å². The van der Waals surface area contributed by atoms with Crippen molar-refractivity contribution in [2.75, 3.05) is 13.6 Å². The number of hydrogen-bond donors (Lipinski definition) is 2. The molecule has 0 bridgehead atoms. The molecule has 0 unspecified atom stereocenters. The van der Waals surface area contributed by atoms with Crippen LogP contribution in [0.4, 0.5) is 0 Å². The molecule has 0 saturated carbocycles. The van der Waals surface area contributed by atoms with Crippen LogP contribution in [0.2, 0.25) is 0 Å². The molecule has 0 radical (unpaired) electrons. The van der Waals surface area contributed by atoms with E-state index in [1.807, 2.05) is 30.3 Å². The van der Waals surface area contributed by atoms with Gasteiger partial charge in [-0.1, -0.05) is 44.2 Å². The summed E-state index contributed by atoms with van der Waals surface area (Å²) in [4.78, 5) is 39.7. The van der Waals surface area contributed by atoms with Crippen LogP contribution in [0.15, 0.2) is 36.4 Å². The van der Waals surface area contributed by atoms with Crippen molar-refractivity contribution in [2.24, 2.45) is 5.92 Å². The van der Waals surface area contributed by atoms with Crippen LogP contribution >= 0.6 is 0 Å². The topological polar surface area (TPSA) is 96.3 Å². The first-order chi connectivity index (χ1) is 14.2. The molecule has 3 amide bonds. The van der Waals surface area contributed by atoms with Gasteiger partial charge >= 0.3 is 0 Å². The molecule has 160 valence electrons. The van der Waals surface area contributed by atoms with Crippen molar-refractivity contribution in [1.29, 1.82) is 0 Å². The zero-order valence-electron chi connectivity index (χ0n) is 17.9. The second-order valence-electron chi connectivity index (χ2n) is 8.32. The van der Waals surface area contributed by atoms with E-state index in [-0.39, 0.29) is 30.0 Å². The fourth-order valence-electron chi connectivity index (χ4n) is 3.37. The minimum absolute atomic E-state index is 0.159. The Labute approximate surface area is 176 Å². The summed E-state index contributed by atoms with van der Waals surface area (Å²) >= 11 is 0. The zero-order valence-corrected chi connectivity index (χ0v) is 17.9. The summed E-state index contributed by atoms with van der Waals surface area (Å²) in [5.74, 6) is -0.453. The Morgan fingerprint density at radius 3 is 2.57 bits per heavy atom. The fourth-order valence-corrected chi connectivity index (χ4v) is 3.37. The van der Waals surface area contributed by atoms with Gasteiger partial charge in [0.25, 0.3) is 11.8 Å². The lowest BCUT2D eigenvalue weighted by Crippen LogP contribution is -2.62. The Morgan fingerprint density at radius 1 is 1.20 bits per heavy atom. The van der Waals surface area contributed by atoms with E-state index in [9.17, 15) is 14.4 Å². The summed E-state index contributed by atoms with van der Waals surface area (Å²) in [5, 5.41) is 10.0. The molecule has 3 rings (SSSR count). The molecule has 1 atom stereocenters. The van der Waals surface area contributed by atoms with Crippen LogP contribution in [0.25, 0.3) is 0 Å². The Kier molecular flexibility index (Phi) is 6.24. The maximum Gasteiger partial charge on any atom is 0.272 e. The molecule has 8 heteroatoms. The molecule has 0 saturated heterocycles. The molecule has 0 fully saturated rings. The smallest absolute Gasteiger partial charge is 0.272 e. The van der Waals surface area contributed by atoms with Crippen LogP contribution in [0.5, 0.6) is 0 Å². The van der Waals surface area contributed by atoms with Crippen molar-refractivity contribution in [3.8, 4) is 0 Å². The Bertz CT molecular complexity index is 938. The summed E-state index contributed by atoms with van der Waals surface area (Å²) in [6.07, 6.45) is 0.859. The lowest BCUT2D eigenvalue weighted by molar-refractivity contribution is -0.132. The van der Waals surface area contributed by atoms with Gasteiger partial charge in [0.2, 0.25) is 5.91 Å². The number of hydrogen-bond acceptors (Lipinski definition) is 4.